The van der Waals surface area contributed by atoms with Gasteiger partial charge >= 0.3 is 5.97 Å². The molecule has 0 aliphatic rings. The maximum absolute atomic E-state index is 10.7. The second-order valence-electron chi connectivity index (χ2n) is 2.97. The monoisotopic (exact) mass is 252 g/mol. The molecule has 0 spiro atoms. The third-order valence-electron chi connectivity index (χ3n) is 1.80. The molecule has 0 amide bonds. The van der Waals surface area contributed by atoms with Gasteiger partial charge in [0.2, 0.25) is 0 Å². The lowest BCUT2D eigenvalue weighted by molar-refractivity contribution is -0.142. The van der Waals surface area contributed by atoms with Gasteiger partial charge in [0.05, 0.1) is 19.6 Å². The lowest BCUT2D eigenvalue weighted by Gasteiger charge is -2.07. The number of esters is 1. The summed E-state index contributed by atoms with van der Waals surface area (Å²) >= 11 is 3.33. The zero-order chi connectivity index (χ0) is 10.1. The predicted octanol–water partition coefficient (Wildman–Crippen LogP) is 1.87. The SMILES string of the molecule is COC(=O)CC(O)CCCCCBr. The van der Waals surface area contributed by atoms with Gasteiger partial charge in [-0.2, -0.15) is 0 Å². The molecule has 1 unspecified atom stereocenters. The molecule has 3 nitrogen and oxygen atoms in total. The third-order valence-corrected chi connectivity index (χ3v) is 2.36. The summed E-state index contributed by atoms with van der Waals surface area (Å²) < 4.78 is 4.44. The Morgan fingerprint density at radius 1 is 1.46 bits per heavy atom. The fourth-order valence-electron chi connectivity index (χ4n) is 1.03. The third kappa shape index (κ3) is 8.25. The number of hydrogen-bond acceptors (Lipinski definition) is 3. The van der Waals surface area contributed by atoms with Crippen molar-refractivity contribution in [3.63, 3.8) is 0 Å². The summed E-state index contributed by atoms with van der Waals surface area (Å²) in [5, 5.41) is 10.3. The second kappa shape index (κ2) is 8.51. The Balaban J connectivity index is 3.29. The molecule has 0 saturated carbocycles. The predicted molar refractivity (Wildman–Crippen MR) is 54.9 cm³/mol. The Morgan fingerprint density at radius 2 is 2.15 bits per heavy atom. The van der Waals surface area contributed by atoms with Crippen LogP contribution in [0.1, 0.15) is 32.1 Å². The molecule has 0 aliphatic heterocycles. The number of unbranched alkanes of at least 4 members (excludes halogenated alkanes) is 2. The molecule has 1 atom stereocenters. The lowest BCUT2D eigenvalue weighted by Crippen LogP contribution is -2.14. The number of methoxy groups -OCH3 is 1. The van der Waals surface area contributed by atoms with Gasteiger partial charge in [-0.3, -0.25) is 4.79 Å². The highest BCUT2D eigenvalue weighted by Gasteiger charge is 2.09. The average molecular weight is 253 g/mol. The van der Waals surface area contributed by atoms with E-state index in [1.54, 1.807) is 0 Å². The molecule has 0 aromatic carbocycles. The molecule has 4 heteroatoms. The maximum Gasteiger partial charge on any atom is 0.308 e. The molecule has 1 N–H and O–H groups in total. The van der Waals surface area contributed by atoms with E-state index in [0.717, 1.165) is 24.6 Å². The molecular formula is C9H17BrO3. The van der Waals surface area contributed by atoms with E-state index in [9.17, 15) is 9.90 Å². The molecule has 0 radical (unpaired) electrons. The Morgan fingerprint density at radius 3 is 2.69 bits per heavy atom. The highest BCUT2D eigenvalue weighted by atomic mass is 79.9. The first-order valence-corrected chi connectivity index (χ1v) is 5.63. The van der Waals surface area contributed by atoms with Crippen LogP contribution in [0.2, 0.25) is 0 Å². The molecule has 0 aromatic rings. The molecule has 0 saturated heterocycles. The van der Waals surface area contributed by atoms with Crippen molar-refractivity contribution < 1.29 is 14.6 Å². The fourth-order valence-corrected chi connectivity index (χ4v) is 1.43. The summed E-state index contributed by atoms with van der Waals surface area (Å²) in [6.45, 7) is 0. The van der Waals surface area contributed by atoms with Crippen molar-refractivity contribution in [3.8, 4) is 0 Å². The highest BCUT2D eigenvalue weighted by Crippen LogP contribution is 2.07. The van der Waals surface area contributed by atoms with E-state index in [1.165, 1.54) is 7.11 Å². The number of alkyl halides is 1. The molecule has 0 rings (SSSR count). The summed E-state index contributed by atoms with van der Waals surface area (Å²) in [4.78, 5) is 10.7. The zero-order valence-electron chi connectivity index (χ0n) is 7.96. The van der Waals surface area contributed by atoms with E-state index in [4.69, 9.17) is 0 Å². The number of hydrogen-bond donors (Lipinski definition) is 1. The maximum atomic E-state index is 10.7. The molecule has 0 bridgehead atoms. The van der Waals surface area contributed by atoms with Gasteiger partial charge in [0.1, 0.15) is 0 Å². The number of halogens is 1. The van der Waals surface area contributed by atoms with Crippen LogP contribution in [0.15, 0.2) is 0 Å². The van der Waals surface area contributed by atoms with E-state index in [0.29, 0.717) is 6.42 Å². The summed E-state index contributed by atoms with van der Waals surface area (Å²) in [6, 6.07) is 0. The summed E-state index contributed by atoms with van der Waals surface area (Å²) in [7, 11) is 1.33. The fraction of sp³-hybridized carbons (Fsp3) is 0.889. The van der Waals surface area contributed by atoms with Gasteiger partial charge in [-0.05, 0) is 12.8 Å². The number of ether oxygens (including phenoxy) is 1. The topological polar surface area (TPSA) is 46.5 Å². The molecule has 13 heavy (non-hydrogen) atoms. The standard InChI is InChI=1S/C9H17BrO3/c1-13-9(12)7-8(11)5-3-2-4-6-10/h8,11H,2-7H2,1H3. The first-order chi connectivity index (χ1) is 6.20. The van der Waals surface area contributed by atoms with Gasteiger partial charge in [0, 0.05) is 5.33 Å². The summed E-state index contributed by atoms with van der Waals surface area (Å²) in [5.41, 5.74) is 0. The van der Waals surface area contributed by atoms with Crippen LogP contribution < -0.4 is 0 Å². The van der Waals surface area contributed by atoms with Gasteiger partial charge in [-0.15, -0.1) is 0 Å². The molecule has 0 aliphatic carbocycles. The van der Waals surface area contributed by atoms with E-state index in [-0.39, 0.29) is 12.4 Å². The van der Waals surface area contributed by atoms with E-state index in [2.05, 4.69) is 20.7 Å². The van der Waals surface area contributed by atoms with Gasteiger partial charge in [0.15, 0.2) is 0 Å². The minimum absolute atomic E-state index is 0.116. The minimum atomic E-state index is -0.539. The lowest BCUT2D eigenvalue weighted by atomic mass is 10.1. The Labute approximate surface area is 87.6 Å². The number of carbonyl (C=O) groups is 1. The molecule has 0 fully saturated rings. The van der Waals surface area contributed by atoms with Crippen molar-refractivity contribution in [2.45, 2.75) is 38.2 Å². The normalized spacial score (nSPS) is 12.5. The highest BCUT2D eigenvalue weighted by molar-refractivity contribution is 9.09. The Bertz CT molecular complexity index is 139. The Hall–Kier alpha value is -0.0900. The quantitative estimate of drug-likeness (QED) is 0.428. The van der Waals surface area contributed by atoms with Gasteiger partial charge in [0.25, 0.3) is 0 Å². The van der Waals surface area contributed by atoms with E-state index < -0.39 is 6.10 Å². The second-order valence-corrected chi connectivity index (χ2v) is 3.77. The number of rotatable bonds is 7. The van der Waals surface area contributed by atoms with Crippen LogP contribution >= 0.6 is 15.9 Å². The van der Waals surface area contributed by atoms with Gasteiger partial charge < -0.3 is 9.84 Å². The number of carbonyl (C=O) groups excluding carboxylic acids is 1. The van der Waals surface area contributed by atoms with Crippen LogP contribution in [-0.2, 0) is 9.53 Å². The van der Waals surface area contributed by atoms with Crippen LogP contribution in [0, 0.1) is 0 Å². The van der Waals surface area contributed by atoms with Crippen LogP contribution in [0.3, 0.4) is 0 Å². The minimum Gasteiger partial charge on any atom is -0.469 e. The van der Waals surface area contributed by atoms with Crippen molar-refractivity contribution in [2.75, 3.05) is 12.4 Å². The average Bonchev–Trinajstić information content (AvgIpc) is 2.12. The number of aliphatic hydroxyl groups excluding tert-OH is 1. The van der Waals surface area contributed by atoms with Crippen molar-refractivity contribution in [1.82, 2.24) is 0 Å². The van der Waals surface area contributed by atoms with Crippen LogP contribution in [0.25, 0.3) is 0 Å². The van der Waals surface area contributed by atoms with Crippen molar-refractivity contribution >= 4 is 21.9 Å². The van der Waals surface area contributed by atoms with Gasteiger partial charge in [-0.25, -0.2) is 0 Å². The number of aliphatic hydroxyl groups is 1. The first kappa shape index (κ1) is 12.9. The largest absolute Gasteiger partial charge is 0.469 e. The summed E-state index contributed by atoms with van der Waals surface area (Å²) in [5.74, 6) is -0.340. The van der Waals surface area contributed by atoms with Crippen LogP contribution in [-0.4, -0.2) is 29.6 Å². The van der Waals surface area contributed by atoms with Crippen molar-refractivity contribution in [3.05, 3.63) is 0 Å². The summed E-state index contributed by atoms with van der Waals surface area (Å²) in [6.07, 6.45) is 3.42. The molecular weight excluding hydrogens is 236 g/mol. The van der Waals surface area contributed by atoms with E-state index in [1.807, 2.05) is 0 Å². The molecule has 78 valence electrons. The molecule has 0 heterocycles. The van der Waals surface area contributed by atoms with Crippen LogP contribution in [0.4, 0.5) is 0 Å². The van der Waals surface area contributed by atoms with Crippen molar-refractivity contribution in [2.24, 2.45) is 0 Å². The van der Waals surface area contributed by atoms with E-state index >= 15 is 0 Å². The molecule has 0 aromatic heterocycles. The first-order valence-electron chi connectivity index (χ1n) is 4.51. The smallest absolute Gasteiger partial charge is 0.308 e. The zero-order valence-corrected chi connectivity index (χ0v) is 9.55. The Kier molecular flexibility index (Phi) is 8.45. The van der Waals surface area contributed by atoms with Gasteiger partial charge in [-0.1, -0.05) is 28.8 Å². The van der Waals surface area contributed by atoms with Crippen LogP contribution in [0.5, 0.6) is 0 Å². The van der Waals surface area contributed by atoms with Crippen molar-refractivity contribution in [1.29, 1.82) is 0 Å².